The number of carbonyl (C=O) groups excluding carboxylic acids is 1. The lowest BCUT2D eigenvalue weighted by Gasteiger charge is -2.32. The van der Waals surface area contributed by atoms with Gasteiger partial charge in [0.2, 0.25) is 0 Å². The van der Waals surface area contributed by atoms with Crippen LogP contribution < -0.4 is 5.32 Å². The molecule has 5 heteroatoms. The van der Waals surface area contributed by atoms with Crippen molar-refractivity contribution in [1.82, 2.24) is 10.2 Å². The van der Waals surface area contributed by atoms with Gasteiger partial charge in [0.15, 0.2) is 0 Å². The molecule has 0 saturated heterocycles. The van der Waals surface area contributed by atoms with Crippen LogP contribution in [-0.4, -0.2) is 41.6 Å². The molecule has 5 nitrogen and oxygen atoms in total. The van der Waals surface area contributed by atoms with Crippen molar-refractivity contribution in [3.8, 4) is 0 Å². The van der Waals surface area contributed by atoms with Crippen molar-refractivity contribution in [1.29, 1.82) is 0 Å². The van der Waals surface area contributed by atoms with E-state index in [-0.39, 0.29) is 23.8 Å². The van der Waals surface area contributed by atoms with E-state index >= 15 is 0 Å². The number of nitrogens with zero attached hydrogens (tertiary/aromatic N) is 1. The summed E-state index contributed by atoms with van der Waals surface area (Å²) in [6.07, 6.45) is 3.81. The first-order valence-corrected chi connectivity index (χ1v) is 7.64. The van der Waals surface area contributed by atoms with E-state index in [0.29, 0.717) is 19.5 Å². The molecule has 21 heavy (non-hydrogen) atoms. The van der Waals surface area contributed by atoms with Crippen LogP contribution in [0.4, 0.5) is 4.79 Å². The lowest BCUT2D eigenvalue weighted by atomic mass is 9.83. The normalized spacial score (nSPS) is 17.1. The van der Waals surface area contributed by atoms with Gasteiger partial charge in [-0.05, 0) is 24.2 Å². The van der Waals surface area contributed by atoms with Gasteiger partial charge in [0, 0.05) is 26.1 Å². The van der Waals surface area contributed by atoms with Crippen molar-refractivity contribution >= 4 is 12.0 Å². The zero-order chi connectivity index (χ0) is 16.0. The summed E-state index contributed by atoms with van der Waals surface area (Å²) in [5.74, 6) is -0.612. The molecule has 0 fully saturated rings. The summed E-state index contributed by atoms with van der Waals surface area (Å²) in [5.41, 5.74) is 1.58. The summed E-state index contributed by atoms with van der Waals surface area (Å²) in [7, 11) is 0. The Balaban J connectivity index is 2.34. The van der Waals surface area contributed by atoms with Gasteiger partial charge in [0.25, 0.3) is 0 Å². The van der Waals surface area contributed by atoms with E-state index in [0.717, 1.165) is 13.0 Å². The number of nitrogens with one attached hydrogen (secondary N) is 1. The Morgan fingerprint density at radius 2 is 2.10 bits per heavy atom. The van der Waals surface area contributed by atoms with Gasteiger partial charge in [-0.3, -0.25) is 4.79 Å². The zero-order valence-electron chi connectivity index (χ0n) is 13.6. The average Bonchev–Trinajstić information content (AvgIpc) is 2.41. The molecule has 2 amide bonds. The molecule has 0 aromatic rings. The van der Waals surface area contributed by atoms with Gasteiger partial charge in [-0.2, -0.15) is 0 Å². The van der Waals surface area contributed by atoms with Crippen LogP contribution >= 0.6 is 0 Å². The van der Waals surface area contributed by atoms with Gasteiger partial charge < -0.3 is 15.3 Å². The lowest BCUT2D eigenvalue weighted by molar-refractivity contribution is -0.137. The number of amides is 2. The van der Waals surface area contributed by atoms with Gasteiger partial charge in [0.1, 0.15) is 0 Å². The standard InChI is InChI=1S/C16H28N2O3/c1-12(5-6-14(19)20)11-17-15(21)18-9-7-13(8-10-18)16(2,3)4/h7,12H,5-6,8-11H2,1-4H3,(H,17,21)(H,19,20). The Morgan fingerprint density at radius 1 is 1.43 bits per heavy atom. The third kappa shape index (κ3) is 6.19. The molecule has 0 aromatic heterocycles. The van der Waals surface area contributed by atoms with Gasteiger partial charge in [-0.15, -0.1) is 0 Å². The van der Waals surface area contributed by atoms with E-state index in [9.17, 15) is 9.59 Å². The van der Waals surface area contributed by atoms with Gasteiger partial charge in [0.05, 0.1) is 0 Å². The predicted octanol–water partition coefficient (Wildman–Crippen LogP) is 2.88. The molecule has 1 aliphatic rings. The number of carbonyl (C=O) groups is 2. The highest BCUT2D eigenvalue weighted by Gasteiger charge is 2.23. The molecule has 120 valence electrons. The minimum Gasteiger partial charge on any atom is -0.481 e. The Labute approximate surface area is 127 Å². The number of aliphatic carboxylic acids is 1. The molecule has 0 aromatic carbocycles. The molecule has 0 bridgehead atoms. The van der Waals surface area contributed by atoms with E-state index in [1.54, 1.807) is 4.90 Å². The van der Waals surface area contributed by atoms with Crippen LogP contribution in [0.5, 0.6) is 0 Å². The second-order valence-corrected chi connectivity index (χ2v) is 6.90. The topological polar surface area (TPSA) is 69.6 Å². The summed E-state index contributed by atoms with van der Waals surface area (Å²) >= 11 is 0. The SMILES string of the molecule is CC(CCC(=O)O)CNC(=O)N1CC=C(C(C)(C)C)CC1. The molecule has 0 saturated carbocycles. The zero-order valence-corrected chi connectivity index (χ0v) is 13.6. The molecule has 1 rings (SSSR count). The van der Waals surface area contributed by atoms with Crippen LogP contribution in [-0.2, 0) is 4.79 Å². The van der Waals surface area contributed by atoms with Crippen LogP contribution in [0.3, 0.4) is 0 Å². The van der Waals surface area contributed by atoms with Crippen molar-refractivity contribution in [3.63, 3.8) is 0 Å². The van der Waals surface area contributed by atoms with Crippen molar-refractivity contribution in [3.05, 3.63) is 11.6 Å². The molecule has 1 atom stereocenters. The molecule has 0 aliphatic carbocycles. The monoisotopic (exact) mass is 296 g/mol. The van der Waals surface area contributed by atoms with E-state index in [1.807, 2.05) is 6.92 Å². The molecule has 1 aliphatic heterocycles. The first kappa shape index (κ1) is 17.5. The minimum atomic E-state index is -0.788. The minimum absolute atomic E-state index is 0.0543. The van der Waals surface area contributed by atoms with E-state index in [4.69, 9.17) is 5.11 Å². The molecular formula is C16H28N2O3. The van der Waals surface area contributed by atoms with E-state index < -0.39 is 5.97 Å². The maximum absolute atomic E-state index is 12.1. The number of carboxylic acids is 1. The highest BCUT2D eigenvalue weighted by molar-refractivity contribution is 5.74. The Kier molecular flexibility index (Phi) is 6.24. The number of hydrogen-bond acceptors (Lipinski definition) is 2. The highest BCUT2D eigenvalue weighted by Crippen LogP contribution is 2.29. The van der Waals surface area contributed by atoms with Crippen LogP contribution in [0.1, 0.15) is 47.0 Å². The van der Waals surface area contributed by atoms with E-state index in [2.05, 4.69) is 32.2 Å². The molecule has 1 unspecified atom stereocenters. The Hall–Kier alpha value is -1.52. The fourth-order valence-corrected chi connectivity index (χ4v) is 2.38. The van der Waals surface area contributed by atoms with Crippen molar-refractivity contribution in [2.75, 3.05) is 19.6 Å². The number of urea groups is 1. The van der Waals surface area contributed by atoms with Crippen molar-refractivity contribution in [2.45, 2.75) is 47.0 Å². The Morgan fingerprint density at radius 3 is 2.57 bits per heavy atom. The lowest BCUT2D eigenvalue weighted by Crippen LogP contribution is -2.44. The third-order valence-electron chi connectivity index (χ3n) is 3.91. The van der Waals surface area contributed by atoms with Gasteiger partial charge in [-0.1, -0.05) is 39.3 Å². The number of hydrogen-bond donors (Lipinski definition) is 2. The fourth-order valence-electron chi connectivity index (χ4n) is 2.38. The van der Waals surface area contributed by atoms with E-state index in [1.165, 1.54) is 5.57 Å². The van der Waals surface area contributed by atoms with Crippen LogP contribution in [0, 0.1) is 11.3 Å². The highest BCUT2D eigenvalue weighted by atomic mass is 16.4. The summed E-state index contributed by atoms with van der Waals surface area (Å²) in [4.78, 5) is 24.4. The van der Waals surface area contributed by atoms with Crippen LogP contribution in [0.15, 0.2) is 11.6 Å². The quantitative estimate of drug-likeness (QED) is 0.766. The number of carboxylic acid groups (broad SMARTS) is 1. The second kappa shape index (κ2) is 7.48. The Bertz CT molecular complexity index is 410. The maximum atomic E-state index is 12.1. The van der Waals surface area contributed by atoms with Gasteiger partial charge >= 0.3 is 12.0 Å². The molecule has 1 heterocycles. The van der Waals surface area contributed by atoms with Crippen LogP contribution in [0.2, 0.25) is 0 Å². The fraction of sp³-hybridized carbons (Fsp3) is 0.750. The first-order chi connectivity index (χ1) is 9.70. The largest absolute Gasteiger partial charge is 0.481 e. The predicted molar refractivity (Wildman–Crippen MR) is 83.2 cm³/mol. The summed E-state index contributed by atoms with van der Waals surface area (Å²) in [6, 6.07) is -0.0543. The first-order valence-electron chi connectivity index (χ1n) is 7.64. The molecule has 2 N–H and O–H groups in total. The molecule has 0 radical (unpaired) electrons. The van der Waals surface area contributed by atoms with Crippen LogP contribution in [0.25, 0.3) is 0 Å². The molecule has 0 spiro atoms. The second-order valence-electron chi connectivity index (χ2n) is 6.90. The maximum Gasteiger partial charge on any atom is 0.317 e. The number of rotatable bonds is 5. The summed E-state index contributed by atoms with van der Waals surface area (Å²) < 4.78 is 0. The van der Waals surface area contributed by atoms with Crippen molar-refractivity contribution < 1.29 is 14.7 Å². The summed E-state index contributed by atoms with van der Waals surface area (Å²) in [6.45, 7) is 10.5. The van der Waals surface area contributed by atoms with Gasteiger partial charge in [-0.25, -0.2) is 4.79 Å². The average molecular weight is 296 g/mol. The summed E-state index contributed by atoms with van der Waals surface area (Å²) in [5, 5.41) is 11.5. The third-order valence-corrected chi connectivity index (χ3v) is 3.91. The molecular weight excluding hydrogens is 268 g/mol. The van der Waals surface area contributed by atoms with Crippen molar-refractivity contribution in [2.24, 2.45) is 11.3 Å². The smallest absolute Gasteiger partial charge is 0.317 e.